The minimum absolute atomic E-state index is 0.561. The van der Waals surface area contributed by atoms with E-state index in [0.717, 1.165) is 10.4 Å². The number of hydrazone groups is 1. The molecule has 0 radical (unpaired) electrons. The van der Waals surface area contributed by atoms with Crippen LogP contribution < -0.4 is 10.7 Å². The predicted molar refractivity (Wildman–Crippen MR) is 79.9 cm³/mol. The van der Waals surface area contributed by atoms with Gasteiger partial charge in [0.2, 0.25) is 0 Å². The zero-order chi connectivity index (χ0) is 14.4. The van der Waals surface area contributed by atoms with E-state index >= 15 is 0 Å². The van der Waals surface area contributed by atoms with Crippen LogP contribution in [0.1, 0.15) is 10.4 Å². The molecule has 0 bridgehead atoms. The summed E-state index contributed by atoms with van der Waals surface area (Å²) >= 11 is 1.51. The van der Waals surface area contributed by atoms with E-state index in [1.165, 1.54) is 17.6 Å². The van der Waals surface area contributed by atoms with Crippen LogP contribution in [0.4, 0.5) is 5.69 Å². The maximum atomic E-state index is 11.6. The third-order valence-corrected chi connectivity index (χ3v) is 3.44. The minimum Gasteiger partial charge on any atom is -0.318 e. The molecule has 5 nitrogen and oxygen atoms in total. The second kappa shape index (κ2) is 6.63. The molecule has 0 atom stereocenters. The Hall–Kier alpha value is -2.47. The third-order valence-electron chi connectivity index (χ3n) is 2.49. The Balaban J connectivity index is 1.87. The van der Waals surface area contributed by atoms with Crippen molar-refractivity contribution in [1.82, 2.24) is 5.43 Å². The molecule has 2 amide bonds. The van der Waals surface area contributed by atoms with E-state index in [1.54, 1.807) is 24.3 Å². The average molecular weight is 287 g/mol. The average Bonchev–Trinajstić information content (AvgIpc) is 2.85. The van der Waals surface area contributed by atoms with Crippen molar-refractivity contribution >= 4 is 35.1 Å². The fourth-order valence-corrected chi connectivity index (χ4v) is 2.21. The van der Waals surface area contributed by atoms with Crippen molar-refractivity contribution in [3.8, 4) is 0 Å². The molecule has 0 spiro atoms. The zero-order valence-electron chi connectivity index (χ0n) is 10.8. The van der Waals surface area contributed by atoms with Crippen molar-refractivity contribution in [3.05, 3.63) is 52.2 Å². The molecule has 20 heavy (non-hydrogen) atoms. The smallest absolute Gasteiger partial charge is 0.318 e. The second-order valence-electron chi connectivity index (χ2n) is 3.99. The SMILES string of the molecule is Cc1ccsc1/C=N\NC(=O)C(=O)Nc1ccccc1. The second-order valence-corrected chi connectivity index (χ2v) is 4.93. The highest BCUT2D eigenvalue weighted by Gasteiger charge is 2.12. The maximum Gasteiger partial charge on any atom is 0.329 e. The molecule has 2 aromatic rings. The van der Waals surface area contributed by atoms with Gasteiger partial charge in [0.05, 0.1) is 6.21 Å². The fraction of sp³-hybridized carbons (Fsp3) is 0.0714. The molecular formula is C14H13N3O2S. The number of benzene rings is 1. The van der Waals surface area contributed by atoms with Gasteiger partial charge in [0, 0.05) is 10.6 Å². The number of carbonyl (C=O) groups excluding carboxylic acids is 2. The van der Waals surface area contributed by atoms with Crippen LogP contribution >= 0.6 is 11.3 Å². The van der Waals surface area contributed by atoms with Crippen LogP contribution in [0.3, 0.4) is 0 Å². The van der Waals surface area contributed by atoms with Crippen LogP contribution in [0.5, 0.6) is 0 Å². The largest absolute Gasteiger partial charge is 0.329 e. The Morgan fingerprint density at radius 1 is 1.15 bits per heavy atom. The number of para-hydroxylation sites is 1. The molecule has 6 heteroatoms. The summed E-state index contributed by atoms with van der Waals surface area (Å²) in [6, 6.07) is 10.7. The number of rotatable bonds is 3. The van der Waals surface area contributed by atoms with Gasteiger partial charge in [0.15, 0.2) is 0 Å². The summed E-state index contributed by atoms with van der Waals surface area (Å²) < 4.78 is 0. The summed E-state index contributed by atoms with van der Waals surface area (Å²) in [5, 5.41) is 8.17. The Labute approximate surface area is 120 Å². The van der Waals surface area contributed by atoms with Crippen LogP contribution in [-0.2, 0) is 9.59 Å². The molecule has 2 rings (SSSR count). The van der Waals surface area contributed by atoms with Gasteiger partial charge in [-0.2, -0.15) is 5.10 Å². The number of anilines is 1. The molecule has 0 unspecified atom stereocenters. The summed E-state index contributed by atoms with van der Waals surface area (Å²) in [4.78, 5) is 24.0. The van der Waals surface area contributed by atoms with Crippen molar-refractivity contribution in [1.29, 1.82) is 0 Å². The number of aryl methyl sites for hydroxylation is 1. The number of hydrogen-bond donors (Lipinski definition) is 2. The van der Waals surface area contributed by atoms with E-state index in [4.69, 9.17) is 0 Å². The van der Waals surface area contributed by atoms with Crippen LogP contribution in [0.15, 0.2) is 46.9 Å². The van der Waals surface area contributed by atoms with E-state index in [9.17, 15) is 9.59 Å². The van der Waals surface area contributed by atoms with Crippen molar-refractivity contribution in [2.75, 3.05) is 5.32 Å². The topological polar surface area (TPSA) is 70.6 Å². The molecule has 0 saturated carbocycles. The van der Waals surface area contributed by atoms with E-state index in [1.807, 2.05) is 24.4 Å². The van der Waals surface area contributed by atoms with Gasteiger partial charge in [0.1, 0.15) is 0 Å². The van der Waals surface area contributed by atoms with Crippen molar-refractivity contribution in [2.24, 2.45) is 5.10 Å². The van der Waals surface area contributed by atoms with Gasteiger partial charge in [-0.25, -0.2) is 5.43 Å². The first-order valence-electron chi connectivity index (χ1n) is 5.90. The number of thiophene rings is 1. The molecule has 102 valence electrons. The summed E-state index contributed by atoms with van der Waals surface area (Å²) in [6.07, 6.45) is 1.52. The Kier molecular flexibility index (Phi) is 4.62. The maximum absolute atomic E-state index is 11.6. The van der Waals surface area contributed by atoms with Gasteiger partial charge in [-0.1, -0.05) is 18.2 Å². The molecule has 1 aromatic carbocycles. The first kappa shape index (κ1) is 14.0. The molecule has 2 N–H and O–H groups in total. The fourth-order valence-electron chi connectivity index (χ4n) is 1.43. The van der Waals surface area contributed by atoms with Crippen molar-refractivity contribution < 1.29 is 9.59 Å². The number of amides is 2. The van der Waals surface area contributed by atoms with E-state index < -0.39 is 11.8 Å². The van der Waals surface area contributed by atoms with E-state index in [2.05, 4.69) is 15.8 Å². The lowest BCUT2D eigenvalue weighted by atomic mass is 10.3. The highest BCUT2D eigenvalue weighted by Crippen LogP contribution is 2.12. The standard InChI is InChI=1S/C14H13N3O2S/c1-10-7-8-20-12(10)9-15-17-14(19)13(18)16-11-5-3-2-4-6-11/h2-9H,1H3,(H,16,18)(H,17,19)/b15-9-. The Bertz CT molecular complexity index is 635. The molecule has 0 aliphatic carbocycles. The lowest BCUT2D eigenvalue weighted by Gasteiger charge is -2.02. The lowest BCUT2D eigenvalue weighted by Crippen LogP contribution is -2.32. The molecule has 0 fully saturated rings. The number of carbonyl (C=O) groups is 2. The quantitative estimate of drug-likeness (QED) is 0.516. The summed E-state index contributed by atoms with van der Waals surface area (Å²) in [7, 11) is 0. The Morgan fingerprint density at radius 2 is 1.90 bits per heavy atom. The zero-order valence-corrected chi connectivity index (χ0v) is 11.6. The van der Waals surface area contributed by atoms with Crippen molar-refractivity contribution in [3.63, 3.8) is 0 Å². The molecule has 0 saturated heterocycles. The van der Waals surface area contributed by atoms with Gasteiger partial charge in [-0.15, -0.1) is 11.3 Å². The van der Waals surface area contributed by atoms with Gasteiger partial charge in [0.25, 0.3) is 0 Å². The van der Waals surface area contributed by atoms with Crippen LogP contribution in [-0.4, -0.2) is 18.0 Å². The van der Waals surface area contributed by atoms with Crippen LogP contribution in [0.2, 0.25) is 0 Å². The monoisotopic (exact) mass is 287 g/mol. The van der Waals surface area contributed by atoms with E-state index in [0.29, 0.717) is 5.69 Å². The summed E-state index contributed by atoms with van der Waals surface area (Å²) in [6.45, 7) is 1.95. The number of nitrogens with one attached hydrogen (secondary N) is 2. The highest BCUT2D eigenvalue weighted by atomic mass is 32.1. The highest BCUT2D eigenvalue weighted by molar-refractivity contribution is 7.11. The molecule has 0 aliphatic rings. The number of nitrogens with zero attached hydrogens (tertiary/aromatic N) is 1. The molecule has 1 aromatic heterocycles. The third kappa shape index (κ3) is 3.76. The van der Waals surface area contributed by atoms with Crippen LogP contribution in [0.25, 0.3) is 0 Å². The van der Waals surface area contributed by atoms with Gasteiger partial charge in [-0.05, 0) is 36.1 Å². The molecule has 0 aliphatic heterocycles. The first-order valence-corrected chi connectivity index (χ1v) is 6.78. The first-order chi connectivity index (χ1) is 9.66. The van der Waals surface area contributed by atoms with Gasteiger partial charge in [-0.3, -0.25) is 9.59 Å². The molecule has 1 heterocycles. The van der Waals surface area contributed by atoms with Gasteiger partial charge >= 0.3 is 11.8 Å². The Morgan fingerprint density at radius 3 is 2.55 bits per heavy atom. The predicted octanol–water partition coefficient (Wildman–Crippen LogP) is 2.15. The molecular weight excluding hydrogens is 274 g/mol. The summed E-state index contributed by atoms with van der Waals surface area (Å²) in [5.74, 6) is -1.56. The van der Waals surface area contributed by atoms with Gasteiger partial charge < -0.3 is 5.32 Å². The van der Waals surface area contributed by atoms with Crippen molar-refractivity contribution in [2.45, 2.75) is 6.92 Å². The minimum atomic E-state index is -0.806. The number of hydrogen-bond acceptors (Lipinski definition) is 4. The lowest BCUT2D eigenvalue weighted by molar-refractivity contribution is -0.136. The normalized spacial score (nSPS) is 10.4. The van der Waals surface area contributed by atoms with E-state index in [-0.39, 0.29) is 0 Å². The summed E-state index contributed by atoms with van der Waals surface area (Å²) in [5.41, 5.74) is 3.83. The van der Waals surface area contributed by atoms with Crippen LogP contribution in [0, 0.1) is 6.92 Å².